The maximum absolute atomic E-state index is 13.1. The van der Waals surface area contributed by atoms with Crippen LogP contribution in [-0.2, 0) is 17.8 Å². The van der Waals surface area contributed by atoms with E-state index in [9.17, 15) is 9.59 Å². The SMILES string of the molecule is COC(=O)c1cc2c(=O)n3cccc(C)c3nc2n(CCCn2ccnc2)c1=N. The van der Waals surface area contributed by atoms with Crippen LogP contribution in [0.2, 0.25) is 0 Å². The van der Waals surface area contributed by atoms with Crippen LogP contribution in [0, 0.1) is 12.3 Å². The van der Waals surface area contributed by atoms with Crippen molar-refractivity contribution >= 4 is 22.6 Å². The van der Waals surface area contributed by atoms with Crippen LogP contribution in [0.4, 0.5) is 0 Å². The Morgan fingerprint density at radius 2 is 2.07 bits per heavy atom. The number of ether oxygens (including phenoxy) is 1. The van der Waals surface area contributed by atoms with E-state index in [-0.39, 0.29) is 22.0 Å². The highest BCUT2D eigenvalue weighted by atomic mass is 16.5. The molecule has 148 valence electrons. The maximum Gasteiger partial charge on any atom is 0.341 e. The van der Waals surface area contributed by atoms with E-state index in [0.717, 1.165) is 5.56 Å². The molecule has 9 heteroatoms. The number of aromatic nitrogens is 5. The number of carbonyl (C=O) groups excluding carboxylic acids is 1. The second-order valence-corrected chi connectivity index (χ2v) is 6.74. The highest BCUT2D eigenvalue weighted by molar-refractivity contribution is 5.93. The van der Waals surface area contributed by atoms with E-state index in [1.165, 1.54) is 17.6 Å². The van der Waals surface area contributed by atoms with Crippen molar-refractivity contribution in [1.29, 1.82) is 5.41 Å². The zero-order chi connectivity index (χ0) is 20.5. The van der Waals surface area contributed by atoms with Crippen LogP contribution in [0.5, 0.6) is 0 Å². The van der Waals surface area contributed by atoms with Gasteiger partial charge in [0, 0.05) is 31.7 Å². The summed E-state index contributed by atoms with van der Waals surface area (Å²) in [5, 5.41) is 8.81. The normalized spacial score (nSPS) is 11.2. The minimum atomic E-state index is -0.658. The number of fused-ring (bicyclic) bond motifs is 2. The van der Waals surface area contributed by atoms with Crippen LogP contribution in [0.1, 0.15) is 22.3 Å². The van der Waals surface area contributed by atoms with Crippen molar-refractivity contribution in [2.75, 3.05) is 7.11 Å². The van der Waals surface area contributed by atoms with Crippen LogP contribution in [0.25, 0.3) is 16.7 Å². The van der Waals surface area contributed by atoms with E-state index < -0.39 is 5.97 Å². The average molecular weight is 392 g/mol. The smallest absolute Gasteiger partial charge is 0.341 e. The first-order valence-corrected chi connectivity index (χ1v) is 9.15. The number of aryl methyl sites for hydroxylation is 3. The molecule has 0 saturated heterocycles. The van der Waals surface area contributed by atoms with E-state index in [2.05, 4.69) is 9.97 Å². The third-order valence-corrected chi connectivity index (χ3v) is 4.90. The summed E-state index contributed by atoms with van der Waals surface area (Å²) in [6.07, 6.45) is 7.59. The molecule has 4 rings (SSSR count). The molecular formula is C20H20N6O3. The summed E-state index contributed by atoms with van der Waals surface area (Å²) in [4.78, 5) is 34.0. The zero-order valence-electron chi connectivity index (χ0n) is 16.1. The number of hydrogen-bond donors (Lipinski definition) is 1. The summed E-state index contributed by atoms with van der Waals surface area (Å²) in [5.41, 5.74) is 1.47. The lowest BCUT2D eigenvalue weighted by Gasteiger charge is -2.14. The van der Waals surface area contributed by atoms with Crippen molar-refractivity contribution < 1.29 is 9.53 Å². The highest BCUT2D eigenvalue weighted by Gasteiger charge is 2.18. The van der Waals surface area contributed by atoms with Crippen LogP contribution >= 0.6 is 0 Å². The Kier molecular flexibility index (Phi) is 4.71. The van der Waals surface area contributed by atoms with Gasteiger partial charge in [0.25, 0.3) is 5.56 Å². The molecule has 9 nitrogen and oxygen atoms in total. The van der Waals surface area contributed by atoms with Crippen LogP contribution in [0.3, 0.4) is 0 Å². The van der Waals surface area contributed by atoms with Crippen molar-refractivity contribution in [3.63, 3.8) is 0 Å². The third kappa shape index (κ3) is 3.20. The summed E-state index contributed by atoms with van der Waals surface area (Å²) in [5.74, 6) is -0.658. The fraction of sp³-hybridized carbons (Fsp3) is 0.250. The van der Waals surface area contributed by atoms with Gasteiger partial charge in [0.15, 0.2) is 0 Å². The molecule has 0 fully saturated rings. The molecule has 0 radical (unpaired) electrons. The van der Waals surface area contributed by atoms with E-state index in [1.807, 2.05) is 23.8 Å². The Labute approximate surface area is 165 Å². The maximum atomic E-state index is 13.1. The molecule has 0 amide bonds. The van der Waals surface area contributed by atoms with Gasteiger partial charge in [-0.1, -0.05) is 6.07 Å². The van der Waals surface area contributed by atoms with Gasteiger partial charge in [-0.2, -0.15) is 0 Å². The fourth-order valence-corrected chi connectivity index (χ4v) is 3.41. The van der Waals surface area contributed by atoms with Gasteiger partial charge < -0.3 is 13.9 Å². The minimum absolute atomic E-state index is 0.0279. The lowest BCUT2D eigenvalue weighted by atomic mass is 10.2. The van der Waals surface area contributed by atoms with Crippen molar-refractivity contribution in [3.8, 4) is 0 Å². The number of rotatable bonds is 5. The number of hydrogen-bond acceptors (Lipinski definition) is 6. The predicted octanol–water partition coefficient (Wildman–Crippen LogP) is 1.51. The topological polar surface area (TPSA) is 107 Å². The third-order valence-electron chi connectivity index (χ3n) is 4.90. The van der Waals surface area contributed by atoms with Gasteiger partial charge in [0.2, 0.25) is 0 Å². The van der Waals surface area contributed by atoms with Crippen molar-refractivity contribution in [3.05, 3.63) is 70.1 Å². The van der Waals surface area contributed by atoms with Gasteiger partial charge in [-0.3, -0.25) is 14.6 Å². The molecule has 4 aromatic heterocycles. The van der Waals surface area contributed by atoms with Crippen LogP contribution < -0.4 is 11.0 Å². The Morgan fingerprint density at radius 1 is 1.24 bits per heavy atom. The Morgan fingerprint density at radius 3 is 2.79 bits per heavy atom. The molecule has 4 aromatic rings. The second kappa shape index (κ2) is 7.34. The Hall–Kier alpha value is -3.75. The molecule has 0 saturated carbocycles. The molecule has 0 bridgehead atoms. The lowest BCUT2D eigenvalue weighted by Crippen LogP contribution is -2.31. The molecule has 0 aliphatic heterocycles. The Bertz CT molecular complexity index is 1330. The molecule has 1 N–H and O–H groups in total. The monoisotopic (exact) mass is 392 g/mol. The number of carbonyl (C=O) groups is 1. The molecule has 0 aliphatic carbocycles. The molecule has 0 spiro atoms. The van der Waals surface area contributed by atoms with E-state index in [1.54, 1.807) is 29.4 Å². The standard InChI is InChI=1S/C20H20N6O3/c1-13-5-3-8-26-17(13)23-18-15(19(26)27)11-14(20(28)29-2)16(21)25(18)9-4-7-24-10-6-22-12-24/h3,5-6,8,10-12,21H,4,7,9H2,1-2H3. The molecule has 0 aliphatic rings. The average Bonchev–Trinajstić information content (AvgIpc) is 3.23. The van der Waals surface area contributed by atoms with Crippen molar-refractivity contribution in [2.45, 2.75) is 26.4 Å². The van der Waals surface area contributed by atoms with Gasteiger partial charge in [-0.05, 0) is 31.0 Å². The zero-order valence-corrected chi connectivity index (χ0v) is 16.1. The van der Waals surface area contributed by atoms with Crippen molar-refractivity contribution in [2.24, 2.45) is 0 Å². The number of esters is 1. The highest BCUT2D eigenvalue weighted by Crippen LogP contribution is 2.13. The van der Waals surface area contributed by atoms with Gasteiger partial charge >= 0.3 is 5.97 Å². The number of imidazole rings is 1. The second-order valence-electron chi connectivity index (χ2n) is 6.74. The molecule has 0 aromatic carbocycles. The number of methoxy groups -OCH3 is 1. The van der Waals surface area contributed by atoms with Gasteiger partial charge in [0.05, 0.1) is 18.8 Å². The fourth-order valence-electron chi connectivity index (χ4n) is 3.41. The van der Waals surface area contributed by atoms with Crippen LogP contribution in [-0.4, -0.2) is 36.6 Å². The van der Waals surface area contributed by atoms with Crippen molar-refractivity contribution in [1.82, 2.24) is 23.5 Å². The van der Waals surface area contributed by atoms with E-state index in [4.69, 9.17) is 10.1 Å². The van der Waals surface area contributed by atoms with E-state index in [0.29, 0.717) is 30.8 Å². The summed E-state index contributed by atoms with van der Waals surface area (Å²) >= 11 is 0. The quantitative estimate of drug-likeness (QED) is 0.409. The first-order valence-electron chi connectivity index (χ1n) is 9.15. The minimum Gasteiger partial charge on any atom is -0.465 e. The van der Waals surface area contributed by atoms with Gasteiger partial charge in [0.1, 0.15) is 22.3 Å². The largest absolute Gasteiger partial charge is 0.465 e. The van der Waals surface area contributed by atoms with Gasteiger partial charge in [-0.25, -0.2) is 14.8 Å². The molecule has 29 heavy (non-hydrogen) atoms. The number of pyridine rings is 2. The molecule has 0 unspecified atom stereocenters. The van der Waals surface area contributed by atoms with Crippen LogP contribution in [0.15, 0.2) is 47.9 Å². The predicted molar refractivity (Wildman–Crippen MR) is 106 cm³/mol. The lowest BCUT2D eigenvalue weighted by molar-refractivity contribution is 0.0597. The summed E-state index contributed by atoms with van der Waals surface area (Å²) in [7, 11) is 1.25. The molecular weight excluding hydrogens is 372 g/mol. The number of nitrogens with one attached hydrogen (secondary N) is 1. The summed E-state index contributed by atoms with van der Waals surface area (Å²) in [6, 6.07) is 5.05. The van der Waals surface area contributed by atoms with E-state index >= 15 is 0 Å². The first kappa shape index (κ1) is 18.6. The Balaban J connectivity index is 1.94. The molecule has 4 heterocycles. The molecule has 0 atom stereocenters. The summed E-state index contributed by atoms with van der Waals surface area (Å²) in [6.45, 7) is 2.97. The number of nitrogens with zero attached hydrogens (tertiary/aromatic N) is 5. The summed E-state index contributed by atoms with van der Waals surface area (Å²) < 4.78 is 9.81. The van der Waals surface area contributed by atoms with Gasteiger partial charge in [-0.15, -0.1) is 0 Å². The first-order chi connectivity index (χ1) is 14.0.